The molecule has 1 amide bonds. The Morgan fingerprint density at radius 2 is 1.89 bits per heavy atom. The largest absolute Gasteiger partial charge is 0.294 e. The summed E-state index contributed by atoms with van der Waals surface area (Å²) in [5.41, 5.74) is 4.37. The van der Waals surface area contributed by atoms with E-state index < -0.39 is 0 Å². The van der Waals surface area contributed by atoms with E-state index in [1.54, 1.807) is 4.90 Å². The van der Waals surface area contributed by atoms with Gasteiger partial charge in [-0.1, -0.05) is 51.8 Å². The molecule has 2 aromatic carbocycles. The van der Waals surface area contributed by atoms with Gasteiger partial charge in [-0.25, -0.2) is 0 Å². The standard InChI is InChI=1S/C22H19BrClNO2/c1-13-9-10-14(24)11-19(13)25-18-7-4-8-20(26)22(18)16(12-21(25)27)15-5-2-3-6-17(15)23/h2-3,5-6,9-11,16H,4,7-8,12H2,1H3. The molecule has 1 unspecified atom stereocenters. The van der Waals surface area contributed by atoms with Crippen LogP contribution in [0.15, 0.2) is 58.2 Å². The van der Waals surface area contributed by atoms with Gasteiger partial charge in [-0.3, -0.25) is 14.5 Å². The number of hydrogen-bond acceptors (Lipinski definition) is 2. The van der Waals surface area contributed by atoms with Crippen molar-refractivity contribution < 1.29 is 9.59 Å². The number of benzene rings is 2. The Hall–Kier alpha value is -1.91. The topological polar surface area (TPSA) is 37.4 Å². The second-order valence-electron chi connectivity index (χ2n) is 7.08. The molecular formula is C22H19BrClNO2. The molecule has 0 aromatic heterocycles. The van der Waals surface area contributed by atoms with Crippen molar-refractivity contribution in [2.75, 3.05) is 4.90 Å². The molecule has 0 radical (unpaired) electrons. The summed E-state index contributed by atoms with van der Waals surface area (Å²) in [6.45, 7) is 1.96. The molecule has 0 fully saturated rings. The summed E-state index contributed by atoms with van der Waals surface area (Å²) in [6, 6.07) is 13.4. The van der Waals surface area contributed by atoms with E-state index in [9.17, 15) is 9.59 Å². The predicted molar refractivity (Wildman–Crippen MR) is 111 cm³/mol. The van der Waals surface area contributed by atoms with Crippen LogP contribution in [0.3, 0.4) is 0 Å². The van der Waals surface area contributed by atoms with Crippen LogP contribution in [-0.2, 0) is 9.59 Å². The molecular weight excluding hydrogens is 426 g/mol. The average molecular weight is 445 g/mol. The summed E-state index contributed by atoms with van der Waals surface area (Å²) in [6.07, 6.45) is 2.30. The molecule has 4 rings (SSSR count). The van der Waals surface area contributed by atoms with Crippen LogP contribution in [0, 0.1) is 6.92 Å². The maximum Gasteiger partial charge on any atom is 0.232 e. The maximum absolute atomic E-state index is 13.2. The zero-order chi connectivity index (χ0) is 19.1. The van der Waals surface area contributed by atoms with Gasteiger partial charge in [-0.15, -0.1) is 0 Å². The molecule has 2 aromatic rings. The molecule has 1 heterocycles. The SMILES string of the molecule is Cc1ccc(Cl)cc1N1C(=O)CC(c2ccccc2Br)C2=C1CCCC2=O. The van der Waals surface area contributed by atoms with Gasteiger partial charge in [0.1, 0.15) is 0 Å². The molecule has 0 saturated heterocycles. The number of rotatable bonds is 2. The van der Waals surface area contributed by atoms with Gasteiger partial charge < -0.3 is 0 Å². The van der Waals surface area contributed by atoms with Crippen LogP contribution < -0.4 is 4.90 Å². The first-order valence-electron chi connectivity index (χ1n) is 9.07. The summed E-state index contributed by atoms with van der Waals surface area (Å²) in [4.78, 5) is 27.9. The minimum atomic E-state index is -0.202. The highest BCUT2D eigenvalue weighted by atomic mass is 79.9. The fourth-order valence-corrected chi connectivity index (χ4v) is 4.85. The van der Waals surface area contributed by atoms with Gasteiger partial charge >= 0.3 is 0 Å². The van der Waals surface area contributed by atoms with Crippen LogP contribution in [0.2, 0.25) is 5.02 Å². The van der Waals surface area contributed by atoms with E-state index in [4.69, 9.17) is 11.6 Å². The van der Waals surface area contributed by atoms with E-state index >= 15 is 0 Å². The van der Waals surface area contributed by atoms with Crippen molar-refractivity contribution in [3.63, 3.8) is 0 Å². The highest BCUT2D eigenvalue weighted by Crippen LogP contribution is 2.45. The van der Waals surface area contributed by atoms with Gasteiger partial charge in [0, 0.05) is 39.5 Å². The smallest absolute Gasteiger partial charge is 0.232 e. The number of ketones is 1. The van der Waals surface area contributed by atoms with Crippen molar-refractivity contribution in [2.24, 2.45) is 0 Å². The summed E-state index contributed by atoms with van der Waals surface area (Å²) in [5.74, 6) is -0.0460. The number of anilines is 1. The van der Waals surface area contributed by atoms with Crippen molar-refractivity contribution in [1.29, 1.82) is 0 Å². The van der Waals surface area contributed by atoms with Crippen molar-refractivity contribution in [1.82, 2.24) is 0 Å². The first kappa shape index (κ1) is 18.5. The highest BCUT2D eigenvalue weighted by molar-refractivity contribution is 9.10. The minimum absolute atomic E-state index is 0.00886. The summed E-state index contributed by atoms with van der Waals surface area (Å²) in [5, 5.41) is 0.584. The summed E-state index contributed by atoms with van der Waals surface area (Å²) in [7, 11) is 0. The van der Waals surface area contributed by atoms with Gasteiger partial charge in [-0.2, -0.15) is 0 Å². The lowest BCUT2D eigenvalue weighted by molar-refractivity contribution is -0.119. The first-order valence-corrected chi connectivity index (χ1v) is 10.2. The van der Waals surface area contributed by atoms with Gasteiger partial charge in [-0.05, 0) is 49.1 Å². The average Bonchev–Trinajstić information content (AvgIpc) is 2.64. The molecule has 1 aliphatic heterocycles. The van der Waals surface area contributed by atoms with Crippen molar-refractivity contribution in [3.8, 4) is 0 Å². The molecule has 0 N–H and O–H groups in total. The van der Waals surface area contributed by atoms with Crippen LogP contribution in [0.5, 0.6) is 0 Å². The molecule has 3 nitrogen and oxygen atoms in total. The van der Waals surface area contributed by atoms with E-state index in [0.29, 0.717) is 11.4 Å². The molecule has 0 spiro atoms. The van der Waals surface area contributed by atoms with Crippen LogP contribution in [0.1, 0.15) is 42.7 Å². The number of nitrogens with zero attached hydrogens (tertiary/aromatic N) is 1. The molecule has 1 aliphatic carbocycles. The van der Waals surface area contributed by atoms with Crippen LogP contribution in [-0.4, -0.2) is 11.7 Å². The zero-order valence-electron chi connectivity index (χ0n) is 15.0. The lowest BCUT2D eigenvalue weighted by Gasteiger charge is -2.39. The molecule has 27 heavy (non-hydrogen) atoms. The van der Waals surface area contributed by atoms with E-state index in [1.165, 1.54) is 0 Å². The fourth-order valence-electron chi connectivity index (χ4n) is 4.12. The molecule has 2 aliphatic rings. The van der Waals surface area contributed by atoms with E-state index in [1.807, 2.05) is 49.4 Å². The molecule has 138 valence electrons. The van der Waals surface area contributed by atoms with E-state index in [2.05, 4.69) is 15.9 Å². The number of aryl methyl sites for hydroxylation is 1. The van der Waals surface area contributed by atoms with Crippen LogP contribution in [0.4, 0.5) is 5.69 Å². The number of carbonyl (C=O) groups is 2. The monoisotopic (exact) mass is 443 g/mol. The van der Waals surface area contributed by atoms with E-state index in [-0.39, 0.29) is 24.0 Å². The predicted octanol–water partition coefficient (Wildman–Crippen LogP) is 5.94. The zero-order valence-corrected chi connectivity index (χ0v) is 17.3. The second-order valence-corrected chi connectivity index (χ2v) is 8.37. The van der Waals surface area contributed by atoms with Crippen LogP contribution in [0.25, 0.3) is 0 Å². The summed E-state index contributed by atoms with van der Waals surface area (Å²) < 4.78 is 0.931. The van der Waals surface area contributed by atoms with Crippen molar-refractivity contribution in [3.05, 3.63) is 74.4 Å². The molecule has 0 bridgehead atoms. The third-order valence-electron chi connectivity index (χ3n) is 5.37. The van der Waals surface area contributed by atoms with Crippen molar-refractivity contribution >= 4 is 44.9 Å². The second kappa shape index (κ2) is 7.25. The Kier molecular flexibility index (Phi) is 4.95. The Bertz CT molecular complexity index is 982. The minimum Gasteiger partial charge on any atom is -0.294 e. The normalized spacial score (nSPS) is 20.1. The van der Waals surface area contributed by atoms with Crippen LogP contribution >= 0.6 is 27.5 Å². The number of hydrogen-bond donors (Lipinski definition) is 0. The Labute approximate surface area is 172 Å². The number of carbonyl (C=O) groups excluding carboxylic acids is 2. The van der Waals surface area contributed by atoms with Gasteiger partial charge in [0.25, 0.3) is 0 Å². The van der Waals surface area contributed by atoms with Gasteiger partial charge in [0.2, 0.25) is 5.91 Å². The maximum atomic E-state index is 13.2. The van der Waals surface area contributed by atoms with Gasteiger partial charge in [0.15, 0.2) is 5.78 Å². The molecule has 0 saturated carbocycles. The number of amides is 1. The lowest BCUT2D eigenvalue weighted by Crippen LogP contribution is -2.41. The quantitative estimate of drug-likeness (QED) is 0.575. The molecule has 5 heteroatoms. The number of Topliss-reactive ketones (excluding diaryl/α,β-unsaturated/α-hetero) is 1. The van der Waals surface area contributed by atoms with Gasteiger partial charge in [0.05, 0.1) is 5.69 Å². The third kappa shape index (κ3) is 3.26. The first-order chi connectivity index (χ1) is 13.0. The number of halogens is 2. The summed E-state index contributed by atoms with van der Waals surface area (Å²) >= 11 is 9.80. The van der Waals surface area contributed by atoms with Crippen molar-refractivity contribution in [2.45, 2.75) is 38.5 Å². The Morgan fingerprint density at radius 3 is 2.67 bits per heavy atom. The lowest BCUT2D eigenvalue weighted by atomic mass is 9.77. The Morgan fingerprint density at radius 1 is 1.11 bits per heavy atom. The fraction of sp³-hybridized carbons (Fsp3) is 0.273. The molecule has 1 atom stereocenters. The Balaban J connectivity index is 1.91. The number of allylic oxidation sites excluding steroid dienone is 2. The van der Waals surface area contributed by atoms with E-state index in [0.717, 1.165) is 45.4 Å². The third-order valence-corrected chi connectivity index (χ3v) is 6.33. The highest BCUT2D eigenvalue weighted by Gasteiger charge is 2.40.